The number of hydrogen-bond donors (Lipinski definition) is 0. The van der Waals surface area contributed by atoms with Gasteiger partial charge in [0.15, 0.2) is 5.82 Å². The summed E-state index contributed by atoms with van der Waals surface area (Å²) in [5.41, 5.74) is 3.19. The molecule has 0 unspecified atom stereocenters. The quantitative estimate of drug-likeness (QED) is 0.524. The number of esters is 1. The summed E-state index contributed by atoms with van der Waals surface area (Å²) in [6, 6.07) is 19.8. The minimum absolute atomic E-state index is 0.0907. The van der Waals surface area contributed by atoms with Crippen LogP contribution in [0.1, 0.15) is 12.7 Å². The molecule has 0 saturated heterocycles. The molecule has 3 rings (SSSR count). The third-order valence-electron chi connectivity index (χ3n) is 3.56. The summed E-state index contributed by atoms with van der Waals surface area (Å²) in [6.07, 6.45) is 1.95. The number of aromatic nitrogens is 2. The van der Waals surface area contributed by atoms with Crippen LogP contribution in [-0.2, 0) is 16.1 Å². The summed E-state index contributed by atoms with van der Waals surface area (Å²) in [6.45, 7) is 5.32. The number of para-hydroxylation sites is 1. The van der Waals surface area contributed by atoms with Crippen LogP contribution in [0.15, 0.2) is 79.0 Å². The highest BCUT2D eigenvalue weighted by Gasteiger charge is 2.13. The minimum Gasteiger partial charge on any atom is -0.454 e. The number of carbonyl (C=O) groups excluding carboxylic acids is 1. The van der Waals surface area contributed by atoms with Gasteiger partial charge < -0.3 is 9.30 Å². The van der Waals surface area contributed by atoms with Crippen molar-refractivity contribution in [3.8, 4) is 16.9 Å². The van der Waals surface area contributed by atoms with E-state index in [9.17, 15) is 4.79 Å². The molecule has 4 nitrogen and oxygen atoms in total. The van der Waals surface area contributed by atoms with E-state index in [2.05, 4.69) is 11.6 Å². The van der Waals surface area contributed by atoms with Crippen molar-refractivity contribution in [2.45, 2.75) is 13.5 Å². The van der Waals surface area contributed by atoms with E-state index >= 15 is 0 Å². The number of hydrogen-bond acceptors (Lipinski definition) is 3. The number of ether oxygens (including phenoxy) is 1. The summed E-state index contributed by atoms with van der Waals surface area (Å²) < 4.78 is 7.22. The second-order valence-corrected chi connectivity index (χ2v) is 5.47. The van der Waals surface area contributed by atoms with E-state index in [0.29, 0.717) is 11.4 Å². The van der Waals surface area contributed by atoms with Crippen molar-refractivity contribution in [3.05, 3.63) is 84.8 Å². The Morgan fingerprint density at radius 2 is 1.71 bits per heavy atom. The van der Waals surface area contributed by atoms with Crippen molar-refractivity contribution in [2.24, 2.45) is 0 Å². The van der Waals surface area contributed by atoms with E-state index in [1.165, 1.54) is 0 Å². The van der Waals surface area contributed by atoms with E-state index in [0.717, 1.165) is 16.9 Å². The van der Waals surface area contributed by atoms with E-state index in [1.807, 2.05) is 71.4 Å². The molecule has 3 aromatic rings. The van der Waals surface area contributed by atoms with Gasteiger partial charge >= 0.3 is 5.97 Å². The highest BCUT2D eigenvalue weighted by molar-refractivity contribution is 5.86. The SMILES string of the molecule is C=C(C)C(=O)OCc1nc(-c2ccccc2)cn1-c1ccccc1. The van der Waals surface area contributed by atoms with Gasteiger partial charge in [0.2, 0.25) is 0 Å². The highest BCUT2D eigenvalue weighted by atomic mass is 16.5. The standard InChI is InChI=1S/C20H18N2O2/c1-15(2)20(23)24-14-19-21-18(16-9-5-3-6-10-16)13-22(19)17-11-7-4-8-12-17/h3-13H,1,14H2,2H3. The normalized spacial score (nSPS) is 10.4. The van der Waals surface area contributed by atoms with Gasteiger partial charge in [-0.05, 0) is 19.1 Å². The lowest BCUT2D eigenvalue weighted by atomic mass is 10.2. The predicted octanol–water partition coefficient (Wildman–Crippen LogP) is 4.16. The summed E-state index contributed by atoms with van der Waals surface area (Å²) in [4.78, 5) is 16.3. The highest BCUT2D eigenvalue weighted by Crippen LogP contribution is 2.22. The molecule has 4 heteroatoms. The third kappa shape index (κ3) is 3.43. The van der Waals surface area contributed by atoms with Crippen LogP contribution in [0.5, 0.6) is 0 Å². The lowest BCUT2D eigenvalue weighted by molar-refractivity contribution is -0.140. The van der Waals surface area contributed by atoms with Gasteiger partial charge in [0.1, 0.15) is 6.61 Å². The summed E-state index contributed by atoms with van der Waals surface area (Å²) in [5, 5.41) is 0. The van der Waals surface area contributed by atoms with Gasteiger partial charge in [-0.15, -0.1) is 0 Å². The molecule has 0 aliphatic carbocycles. The fourth-order valence-corrected chi connectivity index (χ4v) is 2.33. The van der Waals surface area contributed by atoms with Crippen LogP contribution < -0.4 is 0 Å². The molecule has 0 fully saturated rings. The summed E-state index contributed by atoms with van der Waals surface area (Å²) in [5.74, 6) is 0.244. The molecule has 0 spiro atoms. The Hall–Kier alpha value is -3.14. The molecule has 0 bridgehead atoms. The van der Waals surface area contributed by atoms with E-state index in [4.69, 9.17) is 4.74 Å². The summed E-state index contributed by atoms with van der Waals surface area (Å²) >= 11 is 0. The Bertz CT molecular complexity index is 852. The van der Waals surface area contributed by atoms with Crippen molar-refractivity contribution in [1.82, 2.24) is 9.55 Å². The van der Waals surface area contributed by atoms with Gasteiger partial charge in [0, 0.05) is 23.0 Å². The maximum atomic E-state index is 11.7. The van der Waals surface area contributed by atoms with Crippen molar-refractivity contribution >= 4 is 5.97 Å². The largest absolute Gasteiger partial charge is 0.454 e. The number of benzene rings is 2. The minimum atomic E-state index is -0.418. The average Bonchev–Trinajstić information content (AvgIpc) is 3.05. The molecule has 1 aromatic heterocycles. The third-order valence-corrected chi connectivity index (χ3v) is 3.56. The first-order valence-corrected chi connectivity index (χ1v) is 7.67. The maximum Gasteiger partial charge on any atom is 0.333 e. The zero-order valence-electron chi connectivity index (χ0n) is 13.5. The van der Waals surface area contributed by atoms with Crippen LogP contribution in [-0.4, -0.2) is 15.5 Å². The van der Waals surface area contributed by atoms with Crippen molar-refractivity contribution in [1.29, 1.82) is 0 Å². The van der Waals surface area contributed by atoms with Crippen molar-refractivity contribution in [3.63, 3.8) is 0 Å². The number of carbonyl (C=O) groups is 1. The molecule has 0 saturated carbocycles. The molecule has 24 heavy (non-hydrogen) atoms. The van der Waals surface area contributed by atoms with Crippen LogP contribution in [0.3, 0.4) is 0 Å². The van der Waals surface area contributed by atoms with Gasteiger partial charge in [-0.3, -0.25) is 0 Å². The Morgan fingerprint density at radius 1 is 1.08 bits per heavy atom. The van der Waals surface area contributed by atoms with Gasteiger partial charge in [-0.2, -0.15) is 0 Å². The Balaban J connectivity index is 1.97. The molecule has 1 heterocycles. The van der Waals surface area contributed by atoms with Crippen LogP contribution >= 0.6 is 0 Å². The van der Waals surface area contributed by atoms with Crippen molar-refractivity contribution < 1.29 is 9.53 Å². The number of imidazole rings is 1. The molecule has 0 N–H and O–H groups in total. The first kappa shape index (κ1) is 15.7. The van der Waals surface area contributed by atoms with E-state index in [-0.39, 0.29) is 6.61 Å². The molecule has 2 aromatic carbocycles. The second-order valence-electron chi connectivity index (χ2n) is 5.47. The molecule has 0 atom stereocenters. The lowest BCUT2D eigenvalue weighted by Gasteiger charge is -2.08. The van der Waals surface area contributed by atoms with Crippen LogP contribution in [0.25, 0.3) is 16.9 Å². The molecular weight excluding hydrogens is 300 g/mol. The molecule has 0 radical (unpaired) electrons. The van der Waals surface area contributed by atoms with Crippen LogP contribution in [0.4, 0.5) is 0 Å². The molecule has 0 amide bonds. The molecular formula is C20H18N2O2. The first-order chi connectivity index (χ1) is 11.6. The number of nitrogens with zero attached hydrogens (tertiary/aromatic N) is 2. The molecule has 0 aliphatic heterocycles. The van der Waals surface area contributed by atoms with E-state index < -0.39 is 5.97 Å². The Kier molecular flexibility index (Phi) is 4.57. The van der Waals surface area contributed by atoms with Crippen LogP contribution in [0, 0.1) is 0 Å². The molecule has 120 valence electrons. The lowest BCUT2D eigenvalue weighted by Crippen LogP contribution is -2.09. The van der Waals surface area contributed by atoms with Gasteiger partial charge in [-0.1, -0.05) is 55.1 Å². The van der Waals surface area contributed by atoms with Crippen LogP contribution in [0.2, 0.25) is 0 Å². The average molecular weight is 318 g/mol. The fraction of sp³-hybridized carbons (Fsp3) is 0.100. The van der Waals surface area contributed by atoms with E-state index in [1.54, 1.807) is 6.92 Å². The van der Waals surface area contributed by atoms with Gasteiger partial charge in [0.25, 0.3) is 0 Å². The topological polar surface area (TPSA) is 44.1 Å². The Labute approximate surface area is 141 Å². The summed E-state index contributed by atoms with van der Waals surface area (Å²) in [7, 11) is 0. The van der Waals surface area contributed by atoms with Gasteiger partial charge in [-0.25, -0.2) is 9.78 Å². The van der Waals surface area contributed by atoms with Crippen molar-refractivity contribution in [2.75, 3.05) is 0 Å². The zero-order valence-corrected chi connectivity index (χ0v) is 13.5. The molecule has 0 aliphatic rings. The van der Waals surface area contributed by atoms with Gasteiger partial charge in [0.05, 0.1) is 5.69 Å². The number of rotatable bonds is 5. The smallest absolute Gasteiger partial charge is 0.333 e. The Morgan fingerprint density at radius 3 is 2.33 bits per heavy atom. The fourth-order valence-electron chi connectivity index (χ4n) is 2.33. The maximum absolute atomic E-state index is 11.7. The monoisotopic (exact) mass is 318 g/mol. The predicted molar refractivity (Wildman–Crippen MR) is 93.6 cm³/mol. The second kappa shape index (κ2) is 6.96. The zero-order chi connectivity index (χ0) is 16.9. The first-order valence-electron chi connectivity index (χ1n) is 7.67.